The summed E-state index contributed by atoms with van der Waals surface area (Å²) in [7, 11) is 0. The number of thiophene rings is 1. The Morgan fingerprint density at radius 2 is 2.27 bits per heavy atom. The van der Waals surface area contributed by atoms with Crippen molar-refractivity contribution in [1.29, 1.82) is 0 Å². The molecule has 0 aliphatic rings. The molecule has 0 saturated carbocycles. The van der Waals surface area contributed by atoms with E-state index in [4.69, 9.17) is 0 Å². The van der Waals surface area contributed by atoms with Crippen molar-refractivity contribution in [1.82, 2.24) is 0 Å². The molecule has 3 heteroatoms. The summed E-state index contributed by atoms with van der Waals surface area (Å²) >= 11 is 1.71. The van der Waals surface area contributed by atoms with Crippen LogP contribution in [0.1, 0.15) is 19.8 Å². The van der Waals surface area contributed by atoms with E-state index in [2.05, 4.69) is 16.8 Å². The van der Waals surface area contributed by atoms with E-state index in [1.807, 2.05) is 25.1 Å². The highest BCUT2D eigenvalue weighted by molar-refractivity contribution is 7.17. The van der Waals surface area contributed by atoms with Crippen molar-refractivity contribution in [3.8, 4) is 0 Å². The quantitative estimate of drug-likeness (QED) is 0.839. The number of carbonyl (C=O) groups excluding carboxylic acids is 1. The minimum atomic E-state index is 0.0899. The molecule has 1 aromatic carbocycles. The maximum absolute atomic E-state index is 11.4. The second-order valence-corrected chi connectivity index (χ2v) is 4.42. The normalized spacial score (nSPS) is 10.5. The number of hydrogen-bond donors (Lipinski definition) is 1. The zero-order valence-electron chi connectivity index (χ0n) is 8.62. The number of fused-ring (bicyclic) bond motifs is 1. The topological polar surface area (TPSA) is 29.1 Å². The van der Waals surface area contributed by atoms with Crippen molar-refractivity contribution in [3.63, 3.8) is 0 Å². The Labute approximate surface area is 92.9 Å². The molecule has 78 valence electrons. The maximum atomic E-state index is 11.4. The lowest BCUT2D eigenvalue weighted by molar-refractivity contribution is -0.116. The van der Waals surface area contributed by atoms with Crippen LogP contribution in [0.4, 0.5) is 5.69 Å². The number of rotatable bonds is 3. The third-order valence-electron chi connectivity index (χ3n) is 2.21. The molecule has 1 heterocycles. The number of anilines is 1. The van der Waals surface area contributed by atoms with Crippen LogP contribution in [-0.4, -0.2) is 5.91 Å². The van der Waals surface area contributed by atoms with Crippen LogP contribution in [0, 0.1) is 0 Å². The summed E-state index contributed by atoms with van der Waals surface area (Å²) in [5, 5.41) is 6.14. The second kappa shape index (κ2) is 4.45. The monoisotopic (exact) mass is 219 g/mol. The number of carbonyl (C=O) groups is 1. The summed E-state index contributed by atoms with van der Waals surface area (Å²) < 4.78 is 1.25. The minimum absolute atomic E-state index is 0.0899. The van der Waals surface area contributed by atoms with Crippen molar-refractivity contribution < 1.29 is 4.79 Å². The fraction of sp³-hybridized carbons (Fsp3) is 0.250. The van der Waals surface area contributed by atoms with Crippen LogP contribution < -0.4 is 5.32 Å². The van der Waals surface area contributed by atoms with Crippen LogP contribution in [0.2, 0.25) is 0 Å². The van der Waals surface area contributed by atoms with Crippen LogP contribution in [0.5, 0.6) is 0 Å². The fourth-order valence-corrected chi connectivity index (χ4v) is 2.27. The number of hydrogen-bond acceptors (Lipinski definition) is 2. The summed E-state index contributed by atoms with van der Waals surface area (Å²) in [4.78, 5) is 11.4. The molecule has 0 aliphatic carbocycles. The van der Waals surface area contributed by atoms with Gasteiger partial charge >= 0.3 is 0 Å². The number of benzene rings is 1. The van der Waals surface area contributed by atoms with Crippen LogP contribution in [0.3, 0.4) is 0 Å². The van der Waals surface area contributed by atoms with Gasteiger partial charge in [-0.3, -0.25) is 4.79 Å². The molecule has 2 nitrogen and oxygen atoms in total. The van der Waals surface area contributed by atoms with Gasteiger partial charge in [0.25, 0.3) is 0 Å². The molecular formula is C12H13NOS. The van der Waals surface area contributed by atoms with Crippen molar-refractivity contribution in [2.24, 2.45) is 0 Å². The summed E-state index contributed by atoms with van der Waals surface area (Å²) in [6.07, 6.45) is 1.47. The first kappa shape index (κ1) is 10.2. The summed E-state index contributed by atoms with van der Waals surface area (Å²) in [5.41, 5.74) is 0.888. The van der Waals surface area contributed by atoms with Gasteiger partial charge in [-0.1, -0.05) is 6.92 Å². The van der Waals surface area contributed by atoms with Gasteiger partial charge in [-0.2, -0.15) is 0 Å². The third-order valence-corrected chi connectivity index (χ3v) is 3.11. The predicted molar refractivity (Wildman–Crippen MR) is 65.4 cm³/mol. The highest BCUT2D eigenvalue weighted by Gasteiger charge is 2.01. The van der Waals surface area contributed by atoms with Gasteiger partial charge in [0, 0.05) is 16.8 Å². The molecular weight excluding hydrogens is 206 g/mol. The highest BCUT2D eigenvalue weighted by Crippen LogP contribution is 2.23. The Kier molecular flexibility index (Phi) is 3.02. The standard InChI is InChI=1S/C12H13NOS/c1-2-3-12(14)13-10-4-5-11-9(8-10)6-7-15-11/h4-8H,2-3H2,1H3,(H,13,14). The number of amides is 1. The van der Waals surface area contributed by atoms with E-state index in [-0.39, 0.29) is 5.91 Å². The number of nitrogens with one attached hydrogen (secondary N) is 1. The summed E-state index contributed by atoms with van der Waals surface area (Å²) in [6.45, 7) is 2.00. The summed E-state index contributed by atoms with van der Waals surface area (Å²) in [5.74, 6) is 0.0899. The Morgan fingerprint density at radius 1 is 1.40 bits per heavy atom. The lowest BCUT2D eigenvalue weighted by atomic mass is 10.2. The Morgan fingerprint density at radius 3 is 3.07 bits per heavy atom. The maximum Gasteiger partial charge on any atom is 0.224 e. The molecule has 15 heavy (non-hydrogen) atoms. The van der Waals surface area contributed by atoms with Crippen LogP contribution in [0.25, 0.3) is 10.1 Å². The van der Waals surface area contributed by atoms with E-state index >= 15 is 0 Å². The molecule has 0 atom stereocenters. The molecule has 2 aromatic rings. The fourth-order valence-electron chi connectivity index (χ4n) is 1.49. The summed E-state index contributed by atoms with van der Waals surface area (Å²) in [6, 6.07) is 8.07. The van der Waals surface area contributed by atoms with E-state index < -0.39 is 0 Å². The van der Waals surface area contributed by atoms with Gasteiger partial charge in [0.2, 0.25) is 5.91 Å². The first-order chi connectivity index (χ1) is 7.29. The predicted octanol–water partition coefficient (Wildman–Crippen LogP) is 3.64. The average Bonchev–Trinajstić information content (AvgIpc) is 2.65. The van der Waals surface area contributed by atoms with E-state index in [0.29, 0.717) is 6.42 Å². The molecule has 0 radical (unpaired) electrons. The molecule has 1 N–H and O–H groups in total. The van der Waals surface area contributed by atoms with E-state index in [9.17, 15) is 4.79 Å². The van der Waals surface area contributed by atoms with Gasteiger partial charge in [0.1, 0.15) is 0 Å². The molecule has 1 amide bonds. The van der Waals surface area contributed by atoms with Gasteiger partial charge in [0.15, 0.2) is 0 Å². The van der Waals surface area contributed by atoms with Gasteiger partial charge in [0.05, 0.1) is 0 Å². The molecule has 0 unspecified atom stereocenters. The Balaban J connectivity index is 2.17. The molecule has 2 rings (SSSR count). The minimum Gasteiger partial charge on any atom is -0.326 e. The van der Waals surface area contributed by atoms with Crippen molar-refractivity contribution in [3.05, 3.63) is 29.6 Å². The SMILES string of the molecule is CCCC(=O)Nc1ccc2sccc2c1. The van der Waals surface area contributed by atoms with Crippen molar-refractivity contribution in [2.45, 2.75) is 19.8 Å². The van der Waals surface area contributed by atoms with Crippen LogP contribution in [-0.2, 0) is 4.79 Å². The van der Waals surface area contributed by atoms with E-state index in [0.717, 1.165) is 12.1 Å². The lowest BCUT2D eigenvalue weighted by Gasteiger charge is -2.03. The second-order valence-electron chi connectivity index (χ2n) is 3.47. The zero-order chi connectivity index (χ0) is 10.7. The molecule has 1 aromatic heterocycles. The first-order valence-electron chi connectivity index (χ1n) is 5.06. The van der Waals surface area contributed by atoms with E-state index in [1.54, 1.807) is 11.3 Å². The van der Waals surface area contributed by atoms with Crippen LogP contribution in [0.15, 0.2) is 29.6 Å². The highest BCUT2D eigenvalue weighted by atomic mass is 32.1. The molecule has 0 spiro atoms. The third kappa shape index (κ3) is 2.36. The van der Waals surface area contributed by atoms with Gasteiger partial charge in [-0.25, -0.2) is 0 Å². The van der Waals surface area contributed by atoms with Crippen LogP contribution >= 0.6 is 11.3 Å². The Bertz CT molecular complexity index is 475. The van der Waals surface area contributed by atoms with E-state index in [1.165, 1.54) is 10.1 Å². The molecule has 0 aliphatic heterocycles. The zero-order valence-corrected chi connectivity index (χ0v) is 9.43. The largest absolute Gasteiger partial charge is 0.326 e. The smallest absolute Gasteiger partial charge is 0.224 e. The molecule has 0 fully saturated rings. The lowest BCUT2D eigenvalue weighted by Crippen LogP contribution is -2.10. The first-order valence-corrected chi connectivity index (χ1v) is 5.94. The Hall–Kier alpha value is -1.35. The van der Waals surface area contributed by atoms with Gasteiger partial charge < -0.3 is 5.32 Å². The van der Waals surface area contributed by atoms with Gasteiger partial charge in [-0.15, -0.1) is 11.3 Å². The molecule has 0 bridgehead atoms. The molecule has 0 saturated heterocycles. The van der Waals surface area contributed by atoms with Crippen molar-refractivity contribution >= 4 is 33.0 Å². The average molecular weight is 219 g/mol. The van der Waals surface area contributed by atoms with Gasteiger partial charge in [-0.05, 0) is 41.5 Å². The van der Waals surface area contributed by atoms with Crippen molar-refractivity contribution in [2.75, 3.05) is 5.32 Å².